The zero-order valence-electron chi connectivity index (χ0n) is 9.90. The molecule has 1 rings (SSSR count). The molecule has 88 valence electrons. The van der Waals surface area contributed by atoms with Gasteiger partial charge in [-0.05, 0) is 20.3 Å². The van der Waals surface area contributed by atoms with Gasteiger partial charge in [0, 0.05) is 6.54 Å². The van der Waals surface area contributed by atoms with Crippen LogP contribution < -0.4 is 5.73 Å². The molecule has 0 aliphatic carbocycles. The highest BCUT2D eigenvalue weighted by molar-refractivity contribution is 5.82. The summed E-state index contributed by atoms with van der Waals surface area (Å²) < 4.78 is 5.48. The van der Waals surface area contributed by atoms with Gasteiger partial charge in [0.05, 0.1) is 24.8 Å². The number of nitrogens with two attached hydrogens (primary N) is 1. The molecule has 1 aliphatic heterocycles. The molecule has 1 saturated heterocycles. The lowest BCUT2D eigenvalue weighted by Gasteiger charge is -2.39. The Bertz CT molecular complexity index is 221. The van der Waals surface area contributed by atoms with E-state index >= 15 is 0 Å². The van der Waals surface area contributed by atoms with E-state index in [0.717, 1.165) is 12.8 Å². The van der Waals surface area contributed by atoms with Gasteiger partial charge >= 0.3 is 0 Å². The molecule has 2 N–H and O–H groups in total. The van der Waals surface area contributed by atoms with Crippen LogP contribution >= 0.6 is 0 Å². The van der Waals surface area contributed by atoms with Crippen molar-refractivity contribution in [3.63, 3.8) is 0 Å². The van der Waals surface area contributed by atoms with Gasteiger partial charge in [0.15, 0.2) is 0 Å². The Hall–Kier alpha value is -0.610. The molecule has 0 aromatic heterocycles. The molecule has 4 heteroatoms. The van der Waals surface area contributed by atoms with Crippen LogP contribution in [0.15, 0.2) is 0 Å². The highest BCUT2D eigenvalue weighted by Crippen LogP contribution is 2.15. The van der Waals surface area contributed by atoms with Crippen LogP contribution in [0.5, 0.6) is 0 Å². The topological polar surface area (TPSA) is 55.6 Å². The van der Waals surface area contributed by atoms with Crippen molar-refractivity contribution < 1.29 is 9.53 Å². The second kappa shape index (κ2) is 5.47. The summed E-state index contributed by atoms with van der Waals surface area (Å²) in [7, 11) is 0. The molecule has 4 nitrogen and oxygen atoms in total. The summed E-state index contributed by atoms with van der Waals surface area (Å²) in [5.41, 5.74) is 5.83. The van der Waals surface area contributed by atoms with Gasteiger partial charge in [0.25, 0.3) is 0 Å². The number of nitrogens with zero attached hydrogens (tertiary/aromatic N) is 1. The Kier molecular flexibility index (Phi) is 4.54. The molecule has 0 bridgehead atoms. The van der Waals surface area contributed by atoms with Crippen molar-refractivity contribution in [3.8, 4) is 0 Å². The van der Waals surface area contributed by atoms with Crippen molar-refractivity contribution in [3.05, 3.63) is 0 Å². The molecule has 0 unspecified atom stereocenters. The molecule has 0 radical (unpaired) electrons. The molecule has 3 atom stereocenters. The minimum atomic E-state index is -0.345. The monoisotopic (exact) mass is 214 g/mol. The second-order valence-electron chi connectivity index (χ2n) is 4.24. The maximum absolute atomic E-state index is 12.0. The number of rotatable bonds is 3. The Morgan fingerprint density at radius 2 is 2.27 bits per heavy atom. The number of hydrogen-bond donors (Lipinski definition) is 1. The smallest absolute Gasteiger partial charge is 0.239 e. The predicted molar refractivity (Wildman–Crippen MR) is 59.5 cm³/mol. The zero-order valence-corrected chi connectivity index (χ0v) is 9.90. The first-order valence-electron chi connectivity index (χ1n) is 5.75. The standard InChI is InChI=1S/C11H22N2O2/c1-4-5-10(12)11(14)13-6-7-15-9(3)8(13)2/h8-10H,4-7,12H2,1-3H3/t8-,9-,10-/m0/s1. The molecule has 1 aliphatic rings. The van der Waals surface area contributed by atoms with Crippen molar-refractivity contribution >= 4 is 5.91 Å². The van der Waals surface area contributed by atoms with E-state index in [4.69, 9.17) is 10.5 Å². The summed E-state index contributed by atoms with van der Waals surface area (Å²) in [6.45, 7) is 7.34. The van der Waals surface area contributed by atoms with Crippen LogP contribution in [-0.4, -0.2) is 42.1 Å². The number of carbonyl (C=O) groups excluding carboxylic acids is 1. The van der Waals surface area contributed by atoms with Crippen LogP contribution in [0.25, 0.3) is 0 Å². The van der Waals surface area contributed by atoms with E-state index in [1.165, 1.54) is 0 Å². The van der Waals surface area contributed by atoms with Crippen LogP contribution in [0.3, 0.4) is 0 Å². The molecule has 1 fully saturated rings. The lowest BCUT2D eigenvalue weighted by atomic mass is 10.1. The van der Waals surface area contributed by atoms with Crippen molar-refractivity contribution in [1.29, 1.82) is 0 Å². The largest absolute Gasteiger partial charge is 0.375 e. The zero-order chi connectivity index (χ0) is 11.4. The van der Waals surface area contributed by atoms with E-state index in [0.29, 0.717) is 13.2 Å². The van der Waals surface area contributed by atoms with E-state index in [2.05, 4.69) is 0 Å². The third-order valence-corrected chi connectivity index (χ3v) is 3.08. The average Bonchev–Trinajstić information content (AvgIpc) is 2.21. The van der Waals surface area contributed by atoms with E-state index < -0.39 is 0 Å². The molecule has 1 amide bonds. The molecule has 0 aromatic rings. The molecular formula is C11H22N2O2. The number of amides is 1. The Morgan fingerprint density at radius 3 is 2.87 bits per heavy atom. The predicted octanol–water partition coefficient (Wildman–Crippen LogP) is 0.750. The van der Waals surface area contributed by atoms with Crippen LogP contribution in [-0.2, 0) is 9.53 Å². The van der Waals surface area contributed by atoms with Crippen molar-refractivity contribution in [2.45, 2.75) is 51.8 Å². The molecule has 0 aromatic carbocycles. The Morgan fingerprint density at radius 1 is 1.60 bits per heavy atom. The van der Waals surface area contributed by atoms with E-state index in [1.807, 2.05) is 25.7 Å². The Labute approximate surface area is 91.8 Å². The van der Waals surface area contributed by atoms with Gasteiger partial charge in [-0.15, -0.1) is 0 Å². The van der Waals surface area contributed by atoms with Crippen LogP contribution in [0.1, 0.15) is 33.6 Å². The van der Waals surface area contributed by atoms with Crippen LogP contribution in [0, 0.1) is 0 Å². The summed E-state index contributed by atoms with van der Waals surface area (Å²) in [4.78, 5) is 13.8. The quantitative estimate of drug-likeness (QED) is 0.754. The summed E-state index contributed by atoms with van der Waals surface area (Å²) in [6.07, 6.45) is 1.81. The van der Waals surface area contributed by atoms with E-state index in [9.17, 15) is 4.79 Å². The minimum absolute atomic E-state index is 0.0690. The van der Waals surface area contributed by atoms with Gasteiger partial charge in [0.2, 0.25) is 5.91 Å². The Balaban J connectivity index is 2.57. The maximum atomic E-state index is 12.0. The lowest BCUT2D eigenvalue weighted by Crippen LogP contribution is -2.55. The van der Waals surface area contributed by atoms with Crippen LogP contribution in [0.4, 0.5) is 0 Å². The first kappa shape index (κ1) is 12.5. The summed E-state index contributed by atoms with van der Waals surface area (Å²) in [6, 6.07) is -0.211. The normalized spacial score (nSPS) is 28.9. The highest BCUT2D eigenvalue weighted by Gasteiger charge is 2.31. The highest BCUT2D eigenvalue weighted by atomic mass is 16.5. The lowest BCUT2D eigenvalue weighted by molar-refractivity contribution is -0.145. The van der Waals surface area contributed by atoms with Crippen molar-refractivity contribution in [2.24, 2.45) is 5.73 Å². The fraction of sp³-hybridized carbons (Fsp3) is 0.909. The fourth-order valence-electron chi connectivity index (χ4n) is 1.89. The van der Waals surface area contributed by atoms with Gasteiger partial charge in [-0.2, -0.15) is 0 Å². The summed E-state index contributed by atoms with van der Waals surface area (Å²) in [5.74, 6) is 0.0690. The minimum Gasteiger partial charge on any atom is -0.375 e. The van der Waals surface area contributed by atoms with Crippen molar-refractivity contribution in [2.75, 3.05) is 13.2 Å². The fourth-order valence-corrected chi connectivity index (χ4v) is 1.89. The van der Waals surface area contributed by atoms with Crippen LogP contribution in [0.2, 0.25) is 0 Å². The van der Waals surface area contributed by atoms with Gasteiger partial charge in [-0.1, -0.05) is 13.3 Å². The van der Waals surface area contributed by atoms with Gasteiger partial charge in [-0.25, -0.2) is 0 Å². The molecule has 0 saturated carbocycles. The van der Waals surface area contributed by atoms with Gasteiger partial charge < -0.3 is 15.4 Å². The third-order valence-electron chi connectivity index (χ3n) is 3.08. The summed E-state index contributed by atoms with van der Waals surface area (Å²) in [5, 5.41) is 0. The second-order valence-corrected chi connectivity index (χ2v) is 4.24. The van der Waals surface area contributed by atoms with E-state index in [1.54, 1.807) is 0 Å². The number of hydrogen-bond acceptors (Lipinski definition) is 3. The average molecular weight is 214 g/mol. The first-order valence-corrected chi connectivity index (χ1v) is 5.75. The first-order chi connectivity index (χ1) is 7.07. The SMILES string of the molecule is CCC[C@H](N)C(=O)N1CCO[C@@H](C)[C@@H]1C. The third kappa shape index (κ3) is 2.92. The number of ether oxygens (including phenoxy) is 1. The van der Waals surface area contributed by atoms with Crippen molar-refractivity contribution in [1.82, 2.24) is 4.90 Å². The molecular weight excluding hydrogens is 192 g/mol. The molecule has 1 heterocycles. The maximum Gasteiger partial charge on any atom is 0.239 e. The molecule has 0 spiro atoms. The number of morpholine rings is 1. The van der Waals surface area contributed by atoms with E-state index in [-0.39, 0.29) is 24.1 Å². The molecule has 15 heavy (non-hydrogen) atoms. The number of carbonyl (C=O) groups is 1. The van der Waals surface area contributed by atoms with Gasteiger partial charge in [0.1, 0.15) is 0 Å². The van der Waals surface area contributed by atoms with Gasteiger partial charge in [-0.3, -0.25) is 4.79 Å². The summed E-state index contributed by atoms with van der Waals surface area (Å²) >= 11 is 0.